The average Bonchev–Trinajstić information content (AvgIpc) is 3.20. The third-order valence-electron chi connectivity index (χ3n) is 4.44. The minimum atomic E-state index is -3.52. The molecule has 1 aromatic carbocycles. The van der Waals surface area contributed by atoms with Crippen molar-refractivity contribution < 1.29 is 12.8 Å². The van der Waals surface area contributed by atoms with Gasteiger partial charge in [-0.1, -0.05) is 24.3 Å². The van der Waals surface area contributed by atoms with Crippen LogP contribution in [-0.2, 0) is 10.0 Å². The first kappa shape index (κ1) is 16.9. The first-order valence-electron chi connectivity index (χ1n) is 8.44. The predicted octanol–water partition coefficient (Wildman–Crippen LogP) is 2.70. The minimum Gasteiger partial charge on any atom is -0.419 e. The van der Waals surface area contributed by atoms with Gasteiger partial charge in [-0.3, -0.25) is 4.98 Å². The van der Waals surface area contributed by atoms with Crippen LogP contribution < -0.4 is 0 Å². The van der Waals surface area contributed by atoms with Gasteiger partial charge in [-0.2, -0.15) is 4.31 Å². The molecule has 134 valence electrons. The van der Waals surface area contributed by atoms with Crippen molar-refractivity contribution in [1.29, 1.82) is 0 Å². The summed E-state index contributed by atoms with van der Waals surface area (Å²) in [7, 11) is -3.52. The maximum atomic E-state index is 12.8. The second-order valence-corrected chi connectivity index (χ2v) is 8.11. The van der Waals surface area contributed by atoms with Crippen molar-refractivity contribution in [3.8, 4) is 11.6 Å². The number of aromatic nitrogens is 3. The summed E-state index contributed by atoms with van der Waals surface area (Å²) in [5, 5.41) is 8.19. The summed E-state index contributed by atoms with van der Waals surface area (Å²) in [6.45, 7) is 0.829. The quantitative estimate of drug-likeness (QED) is 0.701. The summed E-state index contributed by atoms with van der Waals surface area (Å²) in [6, 6.07) is 13.9. The molecule has 0 aliphatic carbocycles. The molecule has 0 amide bonds. The molecule has 0 saturated carbocycles. The zero-order valence-electron chi connectivity index (χ0n) is 14.0. The highest BCUT2D eigenvalue weighted by atomic mass is 32.2. The molecule has 8 heteroatoms. The molecule has 1 aliphatic rings. The van der Waals surface area contributed by atoms with Crippen molar-refractivity contribution in [1.82, 2.24) is 19.5 Å². The van der Waals surface area contributed by atoms with E-state index in [0.717, 1.165) is 12.8 Å². The lowest BCUT2D eigenvalue weighted by Crippen LogP contribution is -2.39. The van der Waals surface area contributed by atoms with E-state index in [1.54, 1.807) is 42.6 Å². The van der Waals surface area contributed by atoms with Crippen LogP contribution >= 0.6 is 0 Å². The molecule has 0 bridgehead atoms. The fraction of sp³-hybridized carbons (Fsp3) is 0.278. The molecule has 0 radical (unpaired) electrons. The van der Waals surface area contributed by atoms with Crippen LogP contribution in [0.25, 0.3) is 11.6 Å². The Morgan fingerprint density at radius 2 is 1.85 bits per heavy atom. The number of piperidine rings is 1. The Labute approximate surface area is 151 Å². The van der Waals surface area contributed by atoms with Crippen LogP contribution in [0, 0.1) is 0 Å². The third-order valence-corrected chi connectivity index (χ3v) is 6.32. The van der Waals surface area contributed by atoms with Gasteiger partial charge in [0.15, 0.2) is 0 Å². The molecule has 3 heterocycles. The summed E-state index contributed by atoms with van der Waals surface area (Å²) < 4.78 is 33.0. The molecule has 4 rings (SSSR count). The van der Waals surface area contributed by atoms with Gasteiger partial charge in [-0.05, 0) is 37.1 Å². The number of nitrogens with zero attached hydrogens (tertiary/aromatic N) is 4. The fourth-order valence-corrected chi connectivity index (χ4v) is 4.64. The van der Waals surface area contributed by atoms with Crippen LogP contribution in [-0.4, -0.2) is 41.0 Å². The Bertz CT molecular complexity index is 974. The summed E-state index contributed by atoms with van der Waals surface area (Å²) in [5.41, 5.74) is 0.607. The molecule has 1 atom stereocenters. The van der Waals surface area contributed by atoms with E-state index in [1.165, 1.54) is 4.31 Å². The Hall–Kier alpha value is -2.58. The van der Waals surface area contributed by atoms with Crippen molar-refractivity contribution in [2.24, 2.45) is 0 Å². The van der Waals surface area contributed by atoms with Crippen molar-refractivity contribution in [2.45, 2.75) is 23.7 Å². The van der Waals surface area contributed by atoms with Gasteiger partial charge in [0.25, 0.3) is 5.89 Å². The van der Waals surface area contributed by atoms with Gasteiger partial charge in [0.05, 0.1) is 10.8 Å². The van der Waals surface area contributed by atoms with Gasteiger partial charge in [-0.15, -0.1) is 10.2 Å². The topological polar surface area (TPSA) is 89.2 Å². The Morgan fingerprint density at radius 3 is 2.62 bits per heavy atom. The SMILES string of the molecule is O=S(=O)(c1ccccc1)N1CCC[C@H](c2nnc(-c3ccccn3)o2)C1. The van der Waals surface area contributed by atoms with Crippen molar-refractivity contribution >= 4 is 10.0 Å². The zero-order chi connectivity index (χ0) is 18.0. The van der Waals surface area contributed by atoms with Crippen LogP contribution in [0.4, 0.5) is 0 Å². The summed E-state index contributed by atoms with van der Waals surface area (Å²) >= 11 is 0. The molecular formula is C18H18N4O3S. The minimum absolute atomic E-state index is 0.118. The lowest BCUT2D eigenvalue weighted by atomic mass is 10.00. The van der Waals surface area contributed by atoms with E-state index in [-0.39, 0.29) is 5.92 Å². The van der Waals surface area contributed by atoms with Gasteiger partial charge in [0.1, 0.15) is 5.69 Å². The second kappa shape index (κ2) is 6.97. The van der Waals surface area contributed by atoms with E-state index in [4.69, 9.17) is 4.42 Å². The molecule has 2 aromatic heterocycles. The average molecular weight is 370 g/mol. The molecule has 3 aromatic rings. The van der Waals surface area contributed by atoms with Crippen LogP contribution in [0.3, 0.4) is 0 Å². The monoisotopic (exact) mass is 370 g/mol. The number of hydrogen-bond donors (Lipinski definition) is 0. The highest BCUT2D eigenvalue weighted by Crippen LogP contribution is 2.30. The molecule has 26 heavy (non-hydrogen) atoms. The van der Waals surface area contributed by atoms with Crippen LogP contribution in [0.15, 0.2) is 64.0 Å². The summed E-state index contributed by atoms with van der Waals surface area (Å²) in [5.74, 6) is 0.689. The first-order valence-corrected chi connectivity index (χ1v) is 9.88. The molecule has 0 N–H and O–H groups in total. The Kier molecular flexibility index (Phi) is 4.52. The second-order valence-electron chi connectivity index (χ2n) is 6.18. The lowest BCUT2D eigenvalue weighted by Gasteiger charge is -2.30. The summed E-state index contributed by atoms with van der Waals surface area (Å²) in [6.07, 6.45) is 3.22. The highest BCUT2D eigenvalue weighted by Gasteiger charge is 2.33. The van der Waals surface area contributed by atoms with Crippen molar-refractivity contribution in [3.05, 3.63) is 60.6 Å². The Balaban J connectivity index is 1.55. The van der Waals surface area contributed by atoms with Crippen molar-refractivity contribution in [3.63, 3.8) is 0 Å². The number of rotatable bonds is 4. The van der Waals surface area contributed by atoms with Gasteiger partial charge >= 0.3 is 0 Å². The number of sulfonamides is 1. The van der Waals surface area contributed by atoms with Gasteiger partial charge in [0.2, 0.25) is 15.9 Å². The molecular weight excluding hydrogens is 352 g/mol. The fourth-order valence-electron chi connectivity index (χ4n) is 3.10. The smallest absolute Gasteiger partial charge is 0.266 e. The van der Waals surface area contributed by atoms with Crippen LogP contribution in [0.5, 0.6) is 0 Å². The normalized spacial score (nSPS) is 18.7. The van der Waals surface area contributed by atoms with Gasteiger partial charge in [-0.25, -0.2) is 8.42 Å². The van der Waals surface area contributed by atoms with E-state index >= 15 is 0 Å². The molecule has 1 saturated heterocycles. The van der Waals surface area contributed by atoms with E-state index < -0.39 is 10.0 Å². The maximum absolute atomic E-state index is 12.8. The third kappa shape index (κ3) is 3.25. The summed E-state index contributed by atoms with van der Waals surface area (Å²) in [4.78, 5) is 4.50. The zero-order valence-corrected chi connectivity index (χ0v) is 14.8. The number of hydrogen-bond acceptors (Lipinski definition) is 6. The molecule has 1 aliphatic heterocycles. The standard InChI is InChI=1S/C18H18N4O3S/c23-26(24,15-8-2-1-3-9-15)22-12-6-7-14(13-22)17-20-21-18(25-17)16-10-4-5-11-19-16/h1-5,8-11,14H,6-7,12-13H2/t14-/m0/s1. The molecule has 0 unspecified atom stereocenters. The number of benzene rings is 1. The predicted molar refractivity (Wildman–Crippen MR) is 94.7 cm³/mol. The van der Waals surface area contributed by atoms with Gasteiger partial charge < -0.3 is 4.42 Å². The van der Waals surface area contributed by atoms with E-state index in [2.05, 4.69) is 15.2 Å². The van der Waals surface area contributed by atoms with Crippen LogP contribution in [0.1, 0.15) is 24.7 Å². The molecule has 0 spiro atoms. The first-order chi connectivity index (χ1) is 12.6. The molecule has 1 fully saturated rings. The molecule has 7 nitrogen and oxygen atoms in total. The highest BCUT2D eigenvalue weighted by molar-refractivity contribution is 7.89. The number of pyridine rings is 1. The maximum Gasteiger partial charge on any atom is 0.266 e. The van der Waals surface area contributed by atoms with E-state index in [1.807, 2.05) is 12.1 Å². The van der Waals surface area contributed by atoms with Crippen molar-refractivity contribution in [2.75, 3.05) is 13.1 Å². The lowest BCUT2D eigenvalue weighted by molar-refractivity contribution is 0.286. The van der Waals surface area contributed by atoms with Crippen LogP contribution in [0.2, 0.25) is 0 Å². The largest absolute Gasteiger partial charge is 0.419 e. The Morgan fingerprint density at radius 1 is 1.04 bits per heavy atom. The van der Waals surface area contributed by atoms with E-state index in [9.17, 15) is 8.42 Å². The van der Waals surface area contributed by atoms with Gasteiger partial charge in [0, 0.05) is 19.3 Å². The van der Waals surface area contributed by atoms with E-state index in [0.29, 0.717) is 35.5 Å².